The van der Waals surface area contributed by atoms with E-state index in [-0.39, 0.29) is 11.8 Å². The zero-order valence-corrected chi connectivity index (χ0v) is 13.4. The second-order valence-electron chi connectivity index (χ2n) is 6.01. The Bertz CT molecular complexity index is 700. The average Bonchev–Trinajstić information content (AvgIpc) is 3.25. The molecule has 2 aromatic heterocycles. The van der Waals surface area contributed by atoms with E-state index >= 15 is 0 Å². The minimum absolute atomic E-state index is 0.106. The summed E-state index contributed by atoms with van der Waals surface area (Å²) in [5.74, 6) is 0.358. The fourth-order valence-electron chi connectivity index (χ4n) is 3.30. The molecule has 0 N–H and O–H groups in total. The van der Waals surface area contributed by atoms with Crippen LogP contribution in [0.2, 0.25) is 0 Å². The first-order valence-electron chi connectivity index (χ1n) is 7.68. The molecule has 0 spiro atoms. The summed E-state index contributed by atoms with van der Waals surface area (Å²) in [6.07, 6.45) is 3.76. The van der Waals surface area contributed by atoms with Gasteiger partial charge in [-0.15, -0.1) is 11.3 Å². The minimum atomic E-state index is 0.106. The average molecular weight is 317 g/mol. The van der Waals surface area contributed by atoms with E-state index in [1.54, 1.807) is 16.0 Å². The number of hydrogen-bond donors (Lipinski definition) is 0. The van der Waals surface area contributed by atoms with Gasteiger partial charge >= 0.3 is 0 Å². The SMILES string of the molecule is Cn1cc(C(=O)N2CCc3ccsc3C2)c([C@@H]2CCOC2)n1. The van der Waals surface area contributed by atoms with Gasteiger partial charge in [-0.3, -0.25) is 9.48 Å². The summed E-state index contributed by atoms with van der Waals surface area (Å²) in [7, 11) is 1.88. The van der Waals surface area contributed by atoms with Crippen LogP contribution in [0.15, 0.2) is 17.6 Å². The second kappa shape index (κ2) is 5.52. The summed E-state index contributed by atoms with van der Waals surface area (Å²) in [5.41, 5.74) is 3.05. The van der Waals surface area contributed by atoms with Crippen LogP contribution >= 0.6 is 11.3 Å². The van der Waals surface area contributed by atoms with E-state index in [2.05, 4.69) is 16.5 Å². The largest absolute Gasteiger partial charge is 0.381 e. The van der Waals surface area contributed by atoms with Gasteiger partial charge < -0.3 is 9.64 Å². The Morgan fingerprint density at radius 3 is 3.23 bits per heavy atom. The lowest BCUT2D eigenvalue weighted by atomic mass is 10.00. The monoisotopic (exact) mass is 317 g/mol. The molecule has 5 nitrogen and oxygen atoms in total. The molecule has 4 heterocycles. The second-order valence-corrected chi connectivity index (χ2v) is 7.01. The standard InChI is InChI=1S/C16H19N3O2S/c1-18-8-13(15(17-18)12-3-6-21-10-12)16(20)19-5-2-11-4-7-22-14(11)9-19/h4,7-8,12H,2-3,5-6,9-10H2,1H3/t12-/m1/s1. The molecule has 1 saturated heterocycles. The molecule has 22 heavy (non-hydrogen) atoms. The van der Waals surface area contributed by atoms with Crippen molar-refractivity contribution < 1.29 is 9.53 Å². The van der Waals surface area contributed by atoms with Crippen molar-refractivity contribution in [2.45, 2.75) is 25.3 Å². The lowest BCUT2D eigenvalue weighted by Crippen LogP contribution is -2.35. The van der Waals surface area contributed by atoms with Crippen molar-refractivity contribution in [2.24, 2.45) is 7.05 Å². The van der Waals surface area contributed by atoms with Gasteiger partial charge in [0.25, 0.3) is 5.91 Å². The van der Waals surface area contributed by atoms with Crippen molar-refractivity contribution in [2.75, 3.05) is 19.8 Å². The van der Waals surface area contributed by atoms with Crippen molar-refractivity contribution in [1.29, 1.82) is 0 Å². The van der Waals surface area contributed by atoms with Gasteiger partial charge in [0.15, 0.2) is 0 Å². The van der Waals surface area contributed by atoms with E-state index in [4.69, 9.17) is 4.74 Å². The molecular weight excluding hydrogens is 298 g/mol. The maximum Gasteiger partial charge on any atom is 0.257 e. The van der Waals surface area contributed by atoms with Gasteiger partial charge in [-0.1, -0.05) is 0 Å². The van der Waals surface area contributed by atoms with Crippen molar-refractivity contribution >= 4 is 17.2 Å². The van der Waals surface area contributed by atoms with Crippen LogP contribution < -0.4 is 0 Å². The molecule has 0 unspecified atom stereocenters. The molecule has 4 rings (SSSR count). The number of aryl methyl sites for hydroxylation is 1. The fraction of sp³-hybridized carbons (Fsp3) is 0.500. The van der Waals surface area contributed by atoms with Crippen LogP contribution in [0.5, 0.6) is 0 Å². The third-order valence-corrected chi connectivity index (χ3v) is 5.46. The molecule has 2 aliphatic rings. The summed E-state index contributed by atoms with van der Waals surface area (Å²) in [6.45, 7) is 2.95. The molecule has 0 aliphatic carbocycles. The Labute approximate surface area is 133 Å². The Kier molecular flexibility index (Phi) is 3.50. The molecule has 0 bridgehead atoms. The molecule has 0 saturated carbocycles. The van der Waals surface area contributed by atoms with Crippen LogP contribution in [-0.4, -0.2) is 40.3 Å². The summed E-state index contributed by atoms with van der Waals surface area (Å²) >= 11 is 1.74. The first-order valence-corrected chi connectivity index (χ1v) is 8.56. The molecule has 116 valence electrons. The Balaban J connectivity index is 1.60. The summed E-state index contributed by atoms with van der Waals surface area (Å²) in [4.78, 5) is 16.2. The zero-order chi connectivity index (χ0) is 15.1. The van der Waals surface area contributed by atoms with Gasteiger partial charge in [-0.2, -0.15) is 5.10 Å². The van der Waals surface area contributed by atoms with Crippen molar-refractivity contribution in [3.63, 3.8) is 0 Å². The molecule has 6 heteroatoms. The number of carbonyl (C=O) groups is 1. The predicted octanol–water partition coefficient (Wildman–Crippen LogP) is 2.18. The van der Waals surface area contributed by atoms with Gasteiger partial charge in [0.2, 0.25) is 0 Å². The smallest absolute Gasteiger partial charge is 0.257 e. The van der Waals surface area contributed by atoms with E-state index in [1.807, 2.05) is 18.1 Å². The molecule has 1 atom stereocenters. The first-order chi connectivity index (χ1) is 10.7. The fourth-order valence-corrected chi connectivity index (χ4v) is 4.25. The number of carbonyl (C=O) groups excluding carboxylic acids is 1. The number of amides is 1. The lowest BCUT2D eigenvalue weighted by molar-refractivity contribution is 0.0735. The van der Waals surface area contributed by atoms with Crippen LogP contribution in [-0.2, 0) is 24.8 Å². The van der Waals surface area contributed by atoms with Gasteiger partial charge in [-0.05, 0) is 29.9 Å². The van der Waals surface area contributed by atoms with E-state index in [1.165, 1.54) is 10.4 Å². The summed E-state index contributed by atoms with van der Waals surface area (Å²) < 4.78 is 7.22. The normalized spacial score (nSPS) is 21.1. The Morgan fingerprint density at radius 2 is 2.41 bits per heavy atom. The number of ether oxygens (including phenoxy) is 1. The molecular formula is C16H19N3O2S. The Hall–Kier alpha value is -1.66. The third kappa shape index (κ3) is 2.36. The number of thiophene rings is 1. The van der Waals surface area contributed by atoms with E-state index < -0.39 is 0 Å². The highest BCUT2D eigenvalue weighted by Crippen LogP contribution is 2.29. The number of fused-ring (bicyclic) bond motifs is 1. The third-order valence-electron chi connectivity index (χ3n) is 4.51. The molecule has 1 fully saturated rings. The van der Waals surface area contributed by atoms with Crippen molar-refractivity contribution in [1.82, 2.24) is 14.7 Å². The van der Waals surface area contributed by atoms with Gasteiger partial charge in [0, 0.05) is 37.2 Å². The molecule has 0 aromatic carbocycles. The highest BCUT2D eigenvalue weighted by molar-refractivity contribution is 7.10. The number of rotatable bonds is 2. The lowest BCUT2D eigenvalue weighted by Gasteiger charge is -2.27. The van der Waals surface area contributed by atoms with Crippen LogP contribution in [0, 0.1) is 0 Å². The molecule has 2 aliphatic heterocycles. The van der Waals surface area contributed by atoms with Crippen molar-refractivity contribution in [3.05, 3.63) is 39.3 Å². The quantitative estimate of drug-likeness (QED) is 0.853. The topological polar surface area (TPSA) is 47.4 Å². The molecule has 1 amide bonds. The summed E-state index contributed by atoms with van der Waals surface area (Å²) in [5, 5.41) is 6.65. The number of aromatic nitrogens is 2. The van der Waals surface area contributed by atoms with Gasteiger partial charge in [0.1, 0.15) is 0 Å². The number of hydrogen-bond acceptors (Lipinski definition) is 4. The van der Waals surface area contributed by atoms with Crippen LogP contribution in [0.4, 0.5) is 0 Å². The van der Waals surface area contributed by atoms with Gasteiger partial charge in [0.05, 0.1) is 24.4 Å². The minimum Gasteiger partial charge on any atom is -0.381 e. The maximum atomic E-state index is 13.0. The highest BCUT2D eigenvalue weighted by Gasteiger charge is 2.30. The van der Waals surface area contributed by atoms with E-state index in [9.17, 15) is 4.79 Å². The Morgan fingerprint density at radius 1 is 1.50 bits per heavy atom. The zero-order valence-electron chi connectivity index (χ0n) is 12.6. The molecule has 0 radical (unpaired) electrons. The van der Waals surface area contributed by atoms with Crippen LogP contribution in [0.1, 0.15) is 38.8 Å². The van der Waals surface area contributed by atoms with Gasteiger partial charge in [-0.25, -0.2) is 0 Å². The van der Waals surface area contributed by atoms with Crippen molar-refractivity contribution in [3.8, 4) is 0 Å². The van der Waals surface area contributed by atoms with E-state index in [0.29, 0.717) is 6.61 Å². The maximum absolute atomic E-state index is 13.0. The van der Waals surface area contributed by atoms with Crippen LogP contribution in [0.25, 0.3) is 0 Å². The predicted molar refractivity (Wildman–Crippen MR) is 84.1 cm³/mol. The van der Waals surface area contributed by atoms with E-state index in [0.717, 1.165) is 43.8 Å². The summed E-state index contributed by atoms with van der Waals surface area (Å²) in [6, 6.07) is 2.17. The first kappa shape index (κ1) is 14.0. The molecule has 2 aromatic rings. The number of nitrogens with zero attached hydrogens (tertiary/aromatic N) is 3. The highest BCUT2D eigenvalue weighted by atomic mass is 32.1. The van der Waals surface area contributed by atoms with Crippen LogP contribution in [0.3, 0.4) is 0 Å².